The molecule has 5 nitrogen and oxygen atoms in total. The molecule has 1 fully saturated rings. The van der Waals surface area contributed by atoms with E-state index >= 15 is 0 Å². The van der Waals surface area contributed by atoms with E-state index in [1.165, 1.54) is 7.11 Å². The van der Waals surface area contributed by atoms with Crippen molar-refractivity contribution < 1.29 is 24.1 Å². The van der Waals surface area contributed by atoms with Crippen LogP contribution in [0.3, 0.4) is 0 Å². The Labute approximate surface area is 95.7 Å². The lowest BCUT2D eigenvalue weighted by atomic mass is 9.87. The summed E-state index contributed by atoms with van der Waals surface area (Å²) in [6, 6.07) is 0. The van der Waals surface area contributed by atoms with Crippen molar-refractivity contribution in [1.29, 1.82) is 0 Å². The minimum absolute atomic E-state index is 0.0810. The molecule has 4 atom stereocenters. The lowest BCUT2D eigenvalue weighted by Crippen LogP contribution is -2.49. The smallest absolute Gasteiger partial charge is 0.312 e. The van der Waals surface area contributed by atoms with Crippen molar-refractivity contribution in [1.82, 2.24) is 0 Å². The Hall–Kier alpha value is -0.650. The molecule has 1 saturated heterocycles. The van der Waals surface area contributed by atoms with Crippen LogP contribution in [0.15, 0.2) is 0 Å². The molecule has 0 aliphatic carbocycles. The Morgan fingerprint density at radius 1 is 1.62 bits per heavy atom. The number of hydrogen-bond acceptors (Lipinski definition) is 5. The number of methoxy groups -OCH3 is 1. The molecule has 1 heterocycles. The standard InChI is InChI=1S/C11H20O5/c1-5-8(12)11(3)9(15-6-14-4)7(2)10(13)16-11/h7-9,12H,5-6H2,1-4H3/t7-,8-,9-,11-/m1/s1. The normalized spacial score (nSPS) is 36.2. The van der Waals surface area contributed by atoms with E-state index in [1.54, 1.807) is 13.8 Å². The Morgan fingerprint density at radius 2 is 2.25 bits per heavy atom. The first kappa shape index (κ1) is 13.4. The maximum atomic E-state index is 11.5. The summed E-state index contributed by atoms with van der Waals surface area (Å²) >= 11 is 0. The van der Waals surface area contributed by atoms with Gasteiger partial charge in [0.05, 0.1) is 12.0 Å². The number of aliphatic hydroxyl groups excluding tert-OH is 1. The highest BCUT2D eigenvalue weighted by Gasteiger charge is 2.55. The first-order valence-electron chi connectivity index (χ1n) is 5.48. The zero-order valence-corrected chi connectivity index (χ0v) is 10.2. The van der Waals surface area contributed by atoms with Crippen molar-refractivity contribution in [2.45, 2.75) is 45.0 Å². The number of carbonyl (C=O) groups is 1. The molecule has 16 heavy (non-hydrogen) atoms. The van der Waals surface area contributed by atoms with Gasteiger partial charge in [0.1, 0.15) is 12.9 Å². The van der Waals surface area contributed by atoms with E-state index in [2.05, 4.69) is 0 Å². The van der Waals surface area contributed by atoms with Gasteiger partial charge in [-0.05, 0) is 20.3 Å². The minimum atomic E-state index is -0.982. The second-order valence-electron chi connectivity index (χ2n) is 4.31. The second kappa shape index (κ2) is 5.12. The fourth-order valence-electron chi connectivity index (χ4n) is 2.10. The summed E-state index contributed by atoms with van der Waals surface area (Å²) in [5.41, 5.74) is -0.982. The van der Waals surface area contributed by atoms with Crippen molar-refractivity contribution in [3.05, 3.63) is 0 Å². The van der Waals surface area contributed by atoms with Crippen LogP contribution in [0, 0.1) is 5.92 Å². The van der Waals surface area contributed by atoms with Gasteiger partial charge in [0, 0.05) is 7.11 Å². The molecular weight excluding hydrogens is 212 g/mol. The summed E-state index contributed by atoms with van der Waals surface area (Å²) in [6.07, 6.45) is -0.707. The molecule has 5 heteroatoms. The molecule has 0 saturated carbocycles. The lowest BCUT2D eigenvalue weighted by molar-refractivity contribution is -0.179. The zero-order valence-electron chi connectivity index (χ0n) is 10.2. The first-order valence-corrected chi connectivity index (χ1v) is 5.48. The van der Waals surface area contributed by atoms with Crippen LogP contribution in [0.4, 0.5) is 0 Å². The third-order valence-corrected chi connectivity index (χ3v) is 3.13. The van der Waals surface area contributed by atoms with Crippen LogP contribution in [0.2, 0.25) is 0 Å². The summed E-state index contributed by atoms with van der Waals surface area (Å²) in [5, 5.41) is 9.92. The second-order valence-corrected chi connectivity index (χ2v) is 4.31. The highest BCUT2D eigenvalue weighted by Crippen LogP contribution is 2.37. The van der Waals surface area contributed by atoms with Crippen molar-refractivity contribution in [2.75, 3.05) is 13.9 Å². The molecule has 1 aliphatic heterocycles. The van der Waals surface area contributed by atoms with Crippen LogP contribution in [0.1, 0.15) is 27.2 Å². The first-order chi connectivity index (χ1) is 7.47. The van der Waals surface area contributed by atoms with Crippen LogP contribution in [-0.4, -0.2) is 42.8 Å². The third-order valence-electron chi connectivity index (χ3n) is 3.13. The molecule has 0 bridgehead atoms. The number of aliphatic hydroxyl groups is 1. The van der Waals surface area contributed by atoms with Crippen LogP contribution in [0.25, 0.3) is 0 Å². The Morgan fingerprint density at radius 3 is 2.75 bits per heavy atom. The number of ether oxygens (including phenoxy) is 3. The summed E-state index contributed by atoms with van der Waals surface area (Å²) in [7, 11) is 1.51. The van der Waals surface area contributed by atoms with Crippen molar-refractivity contribution in [2.24, 2.45) is 5.92 Å². The van der Waals surface area contributed by atoms with Gasteiger partial charge in [0.15, 0.2) is 5.60 Å². The van der Waals surface area contributed by atoms with Gasteiger partial charge >= 0.3 is 5.97 Å². The van der Waals surface area contributed by atoms with Gasteiger partial charge in [0.25, 0.3) is 0 Å². The van der Waals surface area contributed by atoms with Gasteiger partial charge in [-0.15, -0.1) is 0 Å². The fraction of sp³-hybridized carbons (Fsp3) is 0.909. The maximum absolute atomic E-state index is 11.5. The number of cyclic esters (lactones) is 1. The van der Waals surface area contributed by atoms with E-state index in [1.807, 2.05) is 6.92 Å². The fourth-order valence-corrected chi connectivity index (χ4v) is 2.10. The van der Waals surface area contributed by atoms with E-state index in [0.29, 0.717) is 6.42 Å². The molecule has 0 aromatic heterocycles. The predicted molar refractivity (Wildman–Crippen MR) is 56.7 cm³/mol. The topological polar surface area (TPSA) is 65.0 Å². The van der Waals surface area contributed by atoms with E-state index in [-0.39, 0.29) is 18.7 Å². The largest absolute Gasteiger partial charge is 0.453 e. The molecule has 1 N–H and O–H groups in total. The van der Waals surface area contributed by atoms with Gasteiger partial charge in [-0.2, -0.15) is 0 Å². The third kappa shape index (κ3) is 2.21. The van der Waals surface area contributed by atoms with Crippen LogP contribution < -0.4 is 0 Å². The molecule has 0 aromatic rings. The molecule has 1 rings (SSSR count). The molecule has 0 amide bonds. The molecule has 94 valence electrons. The molecule has 0 radical (unpaired) electrons. The van der Waals surface area contributed by atoms with Crippen molar-refractivity contribution in [3.63, 3.8) is 0 Å². The zero-order chi connectivity index (χ0) is 12.3. The summed E-state index contributed by atoms with van der Waals surface area (Å²) in [4.78, 5) is 11.5. The Bertz CT molecular complexity index is 255. The summed E-state index contributed by atoms with van der Waals surface area (Å²) in [5.74, 6) is -0.725. The Kier molecular flexibility index (Phi) is 4.29. The summed E-state index contributed by atoms with van der Waals surface area (Å²) in [6.45, 7) is 5.34. The summed E-state index contributed by atoms with van der Waals surface area (Å²) < 4.78 is 15.5. The monoisotopic (exact) mass is 232 g/mol. The number of carbonyl (C=O) groups excluding carboxylic acids is 1. The highest BCUT2D eigenvalue weighted by atomic mass is 16.7. The highest BCUT2D eigenvalue weighted by molar-refractivity contribution is 5.76. The number of esters is 1. The average Bonchev–Trinajstić information content (AvgIpc) is 2.48. The lowest BCUT2D eigenvalue weighted by Gasteiger charge is -2.33. The van der Waals surface area contributed by atoms with Crippen molar-refractivity contribution in [3.8, 4) is 0 Å². The average molecular weight is 232 g/mol. The maximum Gasteiger partial charge on any atom is 0.312 e. The van der Waals surface area contributed by atoms with Gasteiger partial charge < -0.3 is 19.3 Å². The van der Waals surface area contributed by atoms with E-state index < -0.39 is 17.8 Å². The molecule has 0 aromatic carbocycles. The molecule has 0 unspecified atom stereocenters. The number of hydrogen-bond donors (Lipinski definition) is 1. The van der Waals surface area contributed by atoms with Gasteiger partial charge in [-0.25, -0.2) is 0 Å². The SMILES string of the molecule is CC[C@@H](O)[C@@]1(C)OC(=O)[C@H](C)[C@H]1OCOC. The van der Waals surface area contributed by atoms with E-state index in [4.69, 9.17) is 14.2 Å². The molecule has 0 spiro atoms. The van der Waals surface area contributed by atoms with E-state index in [0.717, 1.165) is 0 Å². The van der Waals surface area contributed by atoms with Gasteiger partial charge in [0.2, 0.25) is 0 Å². The number of rotatable bonds is 5. The van der Waals surface area contributed by atoms with Gasteiger partial charge in [-0.1, -0.05) is 6.92 Å². The predicted octanol–water partition coefficient (Wildman–Crippen LogP) is 0.698. The molecule has 1 aliphatic rings. The van der Waals surface area contributed by atoms with Crippen molar-refractivity contribution >= 4 is 5.97 Å². The molecular formula is C11H20O5. The quantitative estimate of drug-likeness (QED) is 0.558. The van der Waals surface area contributed by atoms with Crippen LogP contribution in [0.5, 0.6) is 0 Å². The van der Waals surface area contributed by atoms with Crippen LogP contribution in [-0.2, 0) is 19.0 Å². The minimum Gasteiger partial charge on any atom is -0.453 e. The van der Waals surface area contributed by atoms with E-state index in [9.17, 15) is 9.90 Å². The van der Waals surface area contributed by atoms with Crippen LogP contribution >= 0.6 is 0 Å². The van der Waals surface area contributed by atoms with Gasteiger partial charge in [-0.3, -0.25) is 4.79 Å². The Balaban J connectivity index is 2.84.